The fourth-order valence-electron chi connectivity index (χ4n) is 4.02. The molecule has 2 aliphatic heterocycles. The van der Waals surface area contributed by atoms with Crippen molar-refractivity contribution < 1.29 is 19.1 Å². The van der Waals surface area contributed by atoms with Crippen LogP contribution in [0, 0.1) is 0 Å². The zero-order valence-electron chi connectivity index (χ0n) is 18.8. The van der Waals surface area contributed by atoms with E-state index in [1.165, 1.54) is 4.90 Å². The molecule has 1 aromatic rings. The Morgan fingerprint density at radius 2 is 1.91 bits per heavy atom. The van der Waals surface area contributed by atoms with E-state index in [0.29, 0.717) is 59.6 Å². The van der Waals surface area contributed by atoms with Crippen LogP contribution in [0.4, 0.5) is 4.79 Å². The Bertz CT molecular complexity index is 973. The Labute approximate surface area is 203 Å². The largest absolute Gasteiger partial charge is 0.463 e. The summed E-state index contributed by atoms with van der Waals surface area (Å²) in [6.45, 7) is 10.2. The van der Waals surface area contributed by atoms with Crippen LogP contribution in [0.3, 0.4) is 0 Å². The highest BCUT2D eigenvalue weighted by Gasteiger charge is 2.39. The molecule has 0 aromatic heterocycles. The molecule has 1 atom stereocenters. The summed E-state index contributed by atoms with van der Waals surface area (Å²) in [4.78, 5) is 43.4. The number of carbonyl (C=O) groups excluding carboxylic acids is 3. The second-order valence-electron chi connectivity index (χ2n) is 7.82. The summed E-state index contributed by atoms with van der Waals surface area (Å²) in [6.07, 6.45) is 1.61. The molecule has 0 bridgehead atoms. The Morgan fingerprint density at radius 1 is 1.21 bits per heavy atom. The number of hydrogen-bond acceptors (Lipinski definition) is 5. The van der Waals surface area contributed by atoms with Crippen LogP contribution in [0.15, 0.2) is 42.1 Å². The summed E-state index contributed by atoms with van der Waals surface area (Å²) in [6, 6.07) is 3.90. The summed E-state index contributed by atoms with van der Waals surface area (Å²) in [7, 11) is 0. The smallest absolute Gasteiger partial charge is 0.338 e. The number of piperazine rings is 1. The molecule has 1 unspecified atom stereocenters. The van der Waals surface area contributed by atoms with Crippen molar-refractivity contribution in [2.45, 2.75) is 19.9 Å². The summed E-state index contributed by atoms with van der Waals surface area (Å²) < 4.78 is 5.39. The molecule has 178 valence electrons. The van der Waals surface area contributed by atoms with Crippen LogP contribution in [-0.2, 0) is 14.3 Å². The van der Waals surface area contributed by atoms with Crippen molar-refractivity contribution in [2.75, 3.05) is 45.9 Å². The number of benzene rings is 1. The highest BCUT2D eigenvalue weighted by Crippen LogP contribution is 2.34. The van der Waals surface area contributed by atoms with Crippen LogP contribution in [0.25, 0.3) is 0 Å². The predicted molar refractivity (Wildman–Crippen MR) is 127 cm³/mol. The van der Waals surface area contributed by atoms with E-state index >= 15 is 0 Å². The molecule has 3 amide bonds. The molecule has 2 heterocycles. The lowest BCUT2D eigenvalue weighted by molar-refractivity contribution is -0.139. The van der Waals surface area contributed by atoms with Crippen molar-refractivity contribution in [3.05, 3.63) is 57.7 Å². The first kappa shape index (κ1) is 25.1. The van der Waals surface area contributed by atoms with Gasteiger partial charge in [0.2, 0.25) is 5.91 Å². The van der Waals surface area contributed by atoms with E-state index < -0.39 is 12.0 Å². The fourth-order valence-corrected chi connectivity index (χ4v) is 4.33. The second-order valence-corrected chi connectivity index (χ2v) is 8.63. The Balaban J connectivity index is 2.05. The van der Waals surface area contributed by atoms with Gasteiger partial charge in [0.1, 0.15) is 0 Å². The number of amides is 3. The number of halogens is 2. The van der Waals surface area contributed by atoms with Gasteiger partial charge < -0.3 is 15.0 Å². The minimum absolute atomic E-state index is 0.0334. The first-order valence-electron chi connectivity index (χ1n) is 10.8. The maximum Gasteiger partial charge on any atom is 0.338 e. The summed E-state index contributed by atoms with van der Waals surface area (Å²) in [5.41, 5.74) is 1.51. The minimum Gasteiger partial charge on any atom is -0.463 e. The molecular weight excluding hydrogens is 467 g/mol. The zero-order chi connectivity index (χ0) is 24.1. The van der Waals surface area contributed by atoms with Gasteiger partial charge in [-0.1, -0.05) is 35.3 Å². The number of hydrogen-bond donors (Lipinski definition) is 1. The molecule has 8 nitrogen and oxygen atoms in total. The molecule has 0 radical (unpaired) electrons. The summed E-state index contributed by atoms with van der Waals surface area (Å²) >= 11 is 12.3. The number of nitrogens with one attached hydrogen (secondary N) is 1. The van der Waals surface area contributed by atoms with E-state index in [1.54, 1.807) is 43.0 Å². The lowest BCUT2D eigenvalue weighted by Crippen LogP contribution is -2.53. The molecule has 1 saturated heterocycles. The molecule has 3 rings (SSSR count). The van der Waals surface area contributed by atoms with Crippen LogP contribution in [-0.4, -0.2) is 78.5 Å². The summed E-state index contributed by atoms with van der Waals surface area (Å²) in [5.74, 6) is -0.480. The van der Waals surface area contributed by atoms with Gasteiger partial charge in [-0.05, 0) is 24.6 Å². The van der Waals surface area contributed by atoms with Crippen LogP contribution in [0.5, 0.6) is 0 Å². The van der Waals surface area contributed by atoms with Gasteiger partial charge in [0.25, 0.3) is 0 Å². The van der Waals surface area contributed by atoms with E-state index in [9.17, 15) is 14.4 Å². The van der Waals surface area contributed by atoms with E-state index in [0.717, 1.165) is 0 Å². The van der Waals surface area contributed by atoms with Crippen molar-refractivity contribution >= 4 is 41.1 Å². The number of urea groups is 1. The van der Waals surface area contributed by atoms with Crippen molar-refractivity contribution in [2.24, 2.45) is 0 Å². The van der Waals surface area contributed by atoms with E-state index in [1.807, 2.05) is 0 Å². The molecule has 1 fully saturated rings. The minimum atomic E-state index is -0.749. The van der Waals surface area contributed by atoms with Crippen molar-refractivity contribution in [1.82, 2.24) is 20.0 Å². The maximum atomic E-state index is 13.2. The molecule has 2 aliphatic rings. The van der Waals surface area contributed by atoms with Gasteiger partial charge in [0, 0.05) is 51.9 Å². The number of nitrogens with zero attached hydrogens (tertiary/aromatic N) is 3. The van der Waals surface area contributed by atoms with Gasteiger partial charge in [-0.25, -0.2) is 9.59 Å². The quantitative estimate of drug-likeness (QED) is 0.464. The maximum absolute atomic E-state index is 13.2. The molecule has 33 heavy (non-hydrogen) atoms. The third-order valence-electron chi connectivity index (χ3n) is 5.71. The second kappa shape index (κ2) is 11.0. The van der Waals surface area contributed by atoms with Gasteiger partial charge in [0.15, 0.2) is 0 Å². The average Bonchev–Trinajstić information content (AvgIpc) is 2.78. The fraction of sp³-hybridized carbons (Fsp3) is 0.435. The van der Waals surface area contributed by atoms with Crippen LogP contribution < -0.4 is 5.32 Å². The van der Waals surface area contributed by atoms with Gasteiger partial charge in [-0.2, -0.15) is 0 Å². The number of carbonyl (C=O) groups is 3. The van der Waals surface area contributed by atoms with Gasteiger partial charge in [-0.15, -0.1) is 6.58 Å². The molecule has 1 N–H and O–H groups in total. The van der Waals surface area contributed by atoms with Crippen molar-refractivity contribution in [3.8, 4) is 0 Å². The van der Waals surface area contributed by atoms with Crippen molar-refractivity contribution in [3.63, 3.8) is 0 Å². The van der Waals surface area contributed by atoms with Gasteiger partial charge in [-0.3, -0.25) is 14.6 Å². The Hall–Kier alpha value is -2.55. The first-order chi connectivity index (χ1) is 15.8. The van der Waals surface area contributed by atoms with Crippen LogP contribution in [0.2, 0.25) is 10.0 Å². The Kier molecular flexibility index (Phi) is 8.40. The number of rotatable bonds is 7. The van der Waals surface area contributed by atoms with E-state index in [-0.39, 0.29) is 25.1 Å². The predicted octanol–water partition coefficient (Wildman–Crippen LogP) is 3.23. The first-order valence-corrected chi connectivity index (χ1v) is 11.5. The average molecular weight is 495 g/mol. The van der Waals surface area contributed by atoms with Crippen LogP contribution in [0.1, 0.15) is 25.5 Å². The summed E-state index contributed by atoms with van der Waals surface area (Å²) in [5, 5.41) is 3.60. The highest BCUT2D eigenvalue weighted by atomic mass is 35.5. The van der Waals surface area contributed by atoms with E-state index in [4.69, 9.17) is 27.9 Å². The van der Waals surface area contributed by atoms with Gasteiger partial charge >= 0.3 is 12.0 Å². The number of esters is 1. The van der Waals surface area contributed by atoms with E-state index in [2.05, 4.69) is 16.8 Å². The lowest BCUT2D eigenvalue weighted by atomic mass is 9.94. The third-order valence-corrected chi connectivity index (χ3v) is 6.45. The third kappa shape index (κ3) is 5.69. The van der Waals surface area contributed by atoms with Gasteiger partial charge in [0.05, 0.1) is 28.3 Å². The topological polar surface area (TPSA) is 82.2 Å². The SMILES string of the molecule is C=CCN1C(=O)NC(c2ccc(Cl)c(Cl)c2)C(C(=O)OCC)=C1CN1CCN(C(C)=O)CC1. The van der Waals surface area contributed by atoms with Crippen LogP contribution >= 0.6 is 23.2 Å². The molecule has 0 spiro atoms. The molecule has 1 aromatic carbocycles. The van der Waals surface area contributed by atoms with Crippen molar-refractivity contribution in [1.29, 1.82) is 0 Å². The standard InChI is InChI=1S/C23H28Cl2N4O4/c1-4-8-29-19(14-27-9-11-28(12-10-27)15(3)30)20(22(31)33-5-2)21(26-23(29)32)16-6-7-17(24)18(25)13-16/h4,6-7,13,21H,1,5,8-12,14H2,2-3H3,(H,26,32). The molecule has 0 aliphatic carbocycles. The zero-order valence-corrected chi connectivity index (χ0v) is 20.3. The number of ether oxygens (including phenoxy) is 1. The Morgan fingerprint density at radius 3 is 2.48 bits per heavy atom. The highest BCUT2D eigenvalue weighted by molar-refractivity contribution is 6.42. The lowest BCUT2D eigenvalue weighted by Gasteiger charge is -2.40. The molecule has 10 heteroatoms. The monoisotopic (exact) mass is 494 g/mol. The molecule has 0 saturated carbocycles. The normalized spacial score (nSPS) is 19.4. The molecular formula is C23H28Cl2N4O4.